The van der Waals surface area contributed by atoms with Gasteiger partial charge in [-0.2, -0.15) is 9.97 Å². The number of primary amides is 1. The van der Waals surface area contributed by atoms with E-state index in [4.69, 9.17) is 5.73 Å². The predicted octanol–water partition coefficient (Wildman–Crippen LogP) is 0.485. The Hall–Kier alpha value is -2.38. The number of nitrogens with two attached hydrogens (primary N) is 1. The van der Waals surface area contributed by atoms with Gasteiger partial charge in [0.2, 0.25) is 11.9 Å². The summed E-state index contributed by atoms with van der Waals surface area (Å²) < 4.78 is 0. The van der Waals surface area contributed by atoms with E-state index < -0.39 is 5.91 Å². The van der Waals surface area contributed by atoms with Gasteiger partial charge < -0.3 is 20.9 Å². The molecule has 20 heavy (non-hydrogen) atoms. The van der Waals surface area contributed by atoms with Crippen molar-refractivity contribution in [3.05, 3.63) is 6.33 Å². The van der Waals surface area contributed by atoms with Crippen molar-refractivity contribution in [2.24, 2.45) is 5.73 Å². The molecule has 8 heteroatoms. The number of anilines is 2. The van der Waals surface area contributed by atoms with Gasteiger partial charge in [0.05, 0.1) is 12.9 Å². The van der Waals surface area contributed by atoms with Crippen LogP contribution >= 0.6 is 0 Å². The maximum atomic E-state index is 11.3. The molecule has 2 aromatic heterocycles. The van der Waals surface area contributed by atoms with Gasteiger partial charge >= 0.3 is 0 Å². The number of fused-ring (bicyclic) bond motifs is 1. The van der Waals surface area contributed by atoms with Crippen LogP contribution in [0.1, 0.15) is 20.8 Å². The highest BCUT2D eigenvalue weighted by Crippen LogP contribution is 2.24. The van der Waals surface area contributed by atoms with E-state index in [1.807, 2.05) is 25.7 Å². The van der Waals surface area contributed by atoms with E-state index in [0.29, 0.717) is 29.5 Å². The van der Waals surface area contributed by atoms with Crippen LogP contribution in [0.25, 0.3) is 11.2 Å². The number of rotatable bonds is 6. The lowest BCUT2D eigenvalue weighted by Gasteiger charge is -2.26. The molecule has 108 valence electrons. The maximum absolute atomic E-state index is 11.3. The number of imidazole rings is 1. The Labute approximate surface area is 116 Å². The molecule has 0 aliphatic heterocycles. The van der Waals surface area contributed by atoms with Crippen LogP contribution in [0.4, 0.5) is 11.8 Å². The molecule has 2 rings (SSSR count). The monoisotopic (exact) mass is 277 g/mol. The maximum Gasteiger partial charge on any atom is 0.237 e. The lowest BCUT2D eigenvalue weighted by Crippen LogP contribution is -2.39. The van der Waals surface area contributed by atoms with Crippen molar-refractivity contribution < 1.29 is 4.79 Å². The van der Waals surface area contributed by atoms with Crippen LogP contribution in [-0.4, -0.2) is 45.0 Å². The summed E-state index contributed by atoms with van der Waals surface area (Å²) in [7, 11) is 0. The standard InChI is InChI=1S/C12H19N7O/c1-4-14-12-17-10-9(15-6-16-10)11(18-12)19(7(2)3)5-8(13)20/h6-7H,4-5H2,1-3H3,(H2,13,20)(H2,14,15,16,17,18). The number of aromatic nitrogens is 4. The van der Waals surface area contributed by atoms with Gasteiger partial charge in [0.15, 0.2) is 11.5 Å². The van der Waals surface area contributed by atoms with E-state index in [0.717, 1.165) is 0 Å². The number of nitrogens with zero attached hydrogens (tertiary/aromatic N) is 4. The molecule has 0 saturated carbocycles. The van der Waals surface area contributed by atoms with Gasteiger partial charge in [0.25, 0.3) is 0 Å². The average Bonchev–Trinajstić information content (AvgIpc) is 2.83. The smallest absolute Gasteiger partial charge is 0.237 e. The fraction of sp³-hybridized carbons (Fsp3) is 0.500. The zero-order valence-electron chi connectivity index (χ0n) is 11.8. The summed E-state index contributed by atoms with van der Waals surface area (Å²) in [4.78, 5) is 29.0. The van der Waals surface area contributed by atoms with Gasteiger partial charge in [0, 0.05) is 12.6 Å². The molecule has 1 amide bonds. The van der Waals surface area contributed by atoms with Gasteiger partial charge in [-0.3, -0.25) is 4.79 Å². The van der Waals surface area contributed by atoms with Crippen LogP contribution in [0, 0.1) is 0 Å². The summed E-state index contributed by atoms with van der Waals surface area (Å²) in [5.41, 5.74) is 6.57. The van der Waals surface area contributed by atoms with E-state index in [9.17, 15) is 4.79 Å². The number of carbonyl (C=O) groups excluding carboxylic acids is 1. The SMILES string of the molecule is CCNc1nc(N(CC(N)=O)C(C)C)c2[nH]cnc2n1. The molecule has 0 aliphatic carbocycles. The van der Waals surface area contributed by atoms with Crippen molar-refractivity contribution in [1.29, 1.82) is 0 Å². The Morgan fingerprint density at radius 1 is 1.50 bits per heavy atom. The van der Waals surface area contributed by atoms with Crippen molar-refractivity contribution in [1.82, 2.24) is 19.9 Å². The molecule has 4 N–H and O–H groups in total. The first kappa shape index (κ1) is 14.0. The van der Waals surface area contributed by atoms with Gasteiger partial charge in [0.1, 0.15) is 5.52 Å². The molecule has 0 unspecified atom stereocenters. The van der Waals surface area contributed by atoms with Crippen molar-refractivity contribution in [2.45, 2.75) is 26.8 Å². The van der Waals surface area contributed by atoms with Crippen molar-refractivity contribution in [3.63, 3.8) is 0 Å². The molecule has 8 nitrogen and oxygen atoms in total. The third kappa shape index (κ3) is 2.79. The number of hydrogen-bond donors (Lipinski definition) is 3. The average molecular weight is 277 g/mol. The number of nitrogens with one attached hydrogen (secondary N) is 2. The molecule has 0 aromatic carbocycles. The highest BCUT2D eigenvalue weighted by Gasteiger charge is 2.20. The molecule has 0 saturated heterocycles. The molecule has 0 radical (unpaired) electrons. The lowest BCUT2D eigenvalue weighted by atomic mass is 10.3. The first-order valence-electron chi connectivity index (χ1n) is 6.52. The Morgan fingerprint density at radius 3 is 2.85 bits per heavy atom. The van der Waals surface area contributed by atoms with Crippen molar-refractivity contribution in [3.8, 4) is 0 Å². The predicted molar refractivity (Wildman–Crippen MR) is 77.5 cm³/mol. The Bertz CT molecular complexity index is 607. The van der Waals surface area contributed by atoms with Gasteiger partial charge in [-0.25, -0.2) is 4.98 Å². The molecule has 2 aromatic rings. The minimum Gasteiger partial charge on any atom is -0.368 e. The van der Waals surface area contributed by atoms with Gasteiger partial charge in [-0.05, 0) is 20.8 Å². The van der Waals surface area contributed by atoms with E-state index in [-0.39, 0.29) is 12.6 Å². The Balaban J connectivity index is 2.53. The van der Waals surface area contributed by atoms with Crippen molar-refractivity contribution in [2.75, 3.05) is 23.3 Å². The molecular formula is C12H19N7O. The van der Waals surface area contributed by atoms with Crippen LogP contribution < -0.4 is 16.0 Å². The number of H-pyrrole nitrogens is 1. The molecule has 2 heterocycles. The third-order valence-corrected chi connectivity index (χ3v) is 2.82. The van der Waals surface area contributed by atoms with E-state index in [2.05, 4.69) is 25.3 Å². The number of aromatic amines is 1. The summed E-state index contributed by atoms with van der Waals surface area (Å²) in [6, 6.07) is 0.0679. The fourth-order valence-electron chi connectivity index (χ4n) is 1.93. The van der Waals surface area contributed by atoms with E-state index in [1.165, 1.54) is 0 Å². The summed E-state index contributed by atoms with van der Waals surface area (Å²) >= 11 is 0. The second-order valence-electron chi connectivity index (χ2n) is 4.69. The second kappa shape index (κ2) is 5.72. The summed E-state index contributed by atoms with van der Waals surface area (Å²) in [6.45, 7) is 6.70. The fourth-order valence-corrected chi connectivity index (χ4v) is 1.93. The zero-order chi connectivity index (χ0) is 14.7. The lowest BCUT2D eigenvalue weighted by molar-refractivity contribution is -0.116. The molecular weight excluding hydrogens is 258 g/mol. The van der Waals surface area contributed by atoms with Crippen LogP contribution in [-0.2, 0) is 4.79 Å². The summed E-state index contributed by atoms with van der Waals surface area (Å²) in [6.07, 6.45) is 1.56. The third-order valence-electron chi connectivity index (χ3n) is 2.82. The number of carbonyl (C=O) groups is 1. The van der Waals surface area contributed by atoms with Crippen molar-refractivity contribution >= 4 is 28.8 Å². The molecule has 0 aliphatic rings. The quantitative estimate of drug-likeness (QED) is 0.708. The first-order chi connectivity index (χ1) is 9.52. The number of amides is 1. The van der Waals surface area contributed by atoms with Crippen LogP contribution in [0.3, 0.4) is 0 Å². The molecule has 0 spiro atoms. The molecule has 0 atom stereocenters. The van der Waals surface area contributed by atoms with Gasteiger partial charge in [-0.15, -0.1) is 0 Å². The highest BCUT2D eigenvalue weighted by molar-refractivity contribution is 5.87. The van der Waals surface area contributed by atoms with Gasteiger partial charge in [-0.1, -0.05) is 0 Å². The Morgan fingerprint density at radius 2 is 2.25 bits per heavy atom. The summed E-state index contributed by atoms with van der Waals surface area (Å²) in [5.74, 6) is 0.699. The topological polar surface area (TPSA) is 113 Å². The van der Waals surface area contributed by atoms with E-state index in [1.54, 1.807) is 6.33 Å². The molecule has 0 bridgehead atoms. The largest absolute Gasteiger partial charge is 0.368 e. The highest BCUT2D eigenvalue weighted by atomic mass is 16.1. The van der Waals surface area contributed by atoms with Crippen LogP contribution in [0.2, 0.25) is 0 Å². The summed E-state index contributed by atoms with van der Waals surface area (Å²) in [5, 5.41) is 3.06. The number of hydrogen-bond acceptors (Lipinski definition) is 6. The van der Waals surface area contributed by atoms with Crippen LogP contribution in [0.5, 0.6) is 0 Å². The molecule has 0 fully saturated rings. The van der Waals surface area contributed by atoms with Crippen LogP contribution in [0.15, 0.2) is 6.33 Å². The normalized spacial score (nSPS) is 11.0. The second-order valence-corrected chi connectivity index (χ2v) is 4.69. The Kier molecular flexibility index (Phi) is 4.02. The first-order valence-corrected chi connectivity index (χ1v) is 6.52. The minimum atomic E-state index is -0.407. The van der Waals surface area contributed by atoms with E-state index >= 15 is 0 Å². The minimum absolute atomic E-state index is 0.0679. The zero-order valence-corrected chi connectivity index (χ0v) is 11.8.